The Morgan fingerprint density at radius 2 is 1.82 bits per heavy atom. The number of hydrogen-bond donors (Lipinski definition) is 2. The third-order valence-electron chi connectivity index (χ3n) is 5.11. The van der Waals surface area contributed by atoms with Crippen LogP contribution in [0.2, 0.25) is 0 Å². The summed E-state index contributed by atoms with van der Waals surface area (Å²) >= 11 is 0. The second-order valence-corrected chi connectivity index (χ2v) is 7.27. The van der Waals surface area contributed by atoms with Crippen LogP contribution in [0.25, 0.3) is 0 Å². The first-order valence-corrected chi connectivity index (χ1v) is 9.53. The van der Waals surface area contributed by atoms with Crippen molar-refractivity contribution < 1.29 is 9.59 Å². The van der Waals surface area contributed by atoms with Gasteiger partial charge in [0.05, 0.1) is 0 Å². The number of carbonyl (C=O) groups excluding carboxylic acids is 2. The minimum absolute atomic E-state index is 0.0177. The Bertz CT molecular complexity index is 875. The Labute approximate surface area is 163 Å². The van der Waals surface area contributed by atoms with E-state index in [9.17, 15) is 9.59 Å². The van der Waals surface area contributed by atoms with Crippen LogP contribution in [0.15, 0.2) is 49.3 Å². The number of carbonyl (C=O) groups is 2. The van der Waals surface area contributed by atoms with Crippen molar-refractivity contribution in [3.63, 3.8) is 0 Å². The van der Waals surface area contributed by atoms with Gasteiger partial charge in [-0.1, -0.05) is 6.58 Å². The summed E-state index contributed by atoms with van der Waals surface area (Å²) in [6, 6.07) is 7.02. The molecule has 1 atom stereocenters. The smallest absolute Gasteiger partial charge is 0.253 e. The highest BCUT2D eigenvalue weighted by Gasteiger charge is 2.28. The van der Waals surface area contributed by atoms with Crippen molar-refractivity contribution in [2.24, 2.45) is 0 Å². The average Bonchev–Trinajstić information content (AvgIpc) is 3.47. The molecule has 7 heteroatoms. The lowest BCUT2D eigenvalue weighted by atomic mass is 10.2. The molecule has 2 heterocycles. The number of nitrogens with one attached hydrogen (secondary N) is 2. The summed E-state index contributed by atoms with van der Waals surface area (Å²) in [7, 11) is 0. The van der Waals surface area contributed by atoms with Crippen LogP contribution in [-0.4, -0.2) is 45.8 Å². The molecule has 2 fully saturated rings. The molecule has 2 amide bonds. The molecule has 1 aromatic carbocycles. The number of rotatable bonds is 6. The van der Waals surface area contributed by atoms with E-state index in [1.54, 1.807) is 24.3 Å². The van der Waals surface area contributed by atoms with Crippen molar-refractivity contribution in [1.82, 2.24) is 14.9 Å². The van der Waals surface area contributed by atoms with Crippen molar-refractivity contribution in [2.45, 2.75) is 31.2 Å². The molecule has 4 rings (SSSR count). The van der Waals surface area contributed by atoms with E-state index >= 15 is 0 Å². The van der Waals surface area contributed by atoms with Crippen LogP contribution in [0.5, 0.6) is 0 Å². The fourth-order valence-electron chi connectivity index (χ4n) is 3.36. The lowest BCUT2D eigenvalue weighted by Crippen LogP contribution is -2.31. The minimum Gasteiger partial charge on any atom is -0.350 e. The maximum Gasteiger partial charge on any atom is 0.253 e. The van der Waals surface area contributed by atoms with Crippen molar-refractivity contribution in [2.75, 3.05) is 23.7 Å². The van der Waals surface area contributed by atoms with Gasteiger partial charge >= 0.3 is 0 Å². The normalized spacial score (nSPS) is 18.6. The lowest BCUT2D eigenvalue weighted by molar-refractivity contribution is -0.111. The molecule has 2 aliphatic rings. The number of anilines is 2. The Hall–Kier alpha value is -3.22. The number of amides is 2. The monoisotopic (exact) mass is 377 g/mol. The van der Waals surface area contributed by atoms with Gasteiger partial charge in [-0.15, -0.1) is 0 Å². The Balaban J connectivity index is 1.32. The zero-order chi connectivity index (χ0) is 19.5. The van der Waals surface area contributed by atoms with E-state index in [4.69, 9.17) is 0 Å². The van der Waals surface area contributed by atoms with Gasteiger partial charge in [0.15, 0.2) is 0 Å². The zero-order valence-electron chi connectivity index (χ0n) is 15.6. The zero-order valence-corrected chi connectivity index (χ0v) is 15.6. The highest BCUT2D eigenvalue weighted by molar-refractivity contribution is 5.99. The molecule has 1 saturated heterocycles. The molecule has 144 valence electrons. The topological polar surface area (TPSA) is 87.2 Å². The van der Waals surface area contributed by atoms with E-state index in [-0.39, 0.29) is 17.9 Å². The van der Waals surface area contributed by atoms with E-state index in [2.05, 4.69) is 27.2 Å². The summed E-state index contributed by atoms with van der Waals surface area (Å²) in [5.74, 6) is 0.965. The van der Waals surface area contributed by atoms with E-state index in [0.717, 1.165) is 6.42 Å². The Kier molecular flexibility index (Phi) is 5.06. The van der Waals surface area contributed by atoms with Crippen LogP contribution < -0.4 is 10.6 Å². The summed E-state index contributed by atoms with van der Waals surface area (Å²) < 4.78 is 0. The number of benzene rings is 1. The first-order chi connectivity index (χ1) is 13.6. The molecular weight excluding hydrogens is 354 g/mol. The van der Waals surface area contributed by atoms with Crippen molar-refractivity contribution in [3.8, 4) is 0 Å². The third-order valence-corrected chi connectivity index (χ3v) is 5.11. The number of aromatic nitrogens is 2. The van der Waals surface area contributed by atoms with Gasteiger partial charge in [-0.2, -0.15) is 0 Å². The standard InChI is InChI=1S/C21H23N5O2/c1-2-19(27)24-17-7-5-15(6-8-17)20(28)26-10-9-18(13-26)25-21-22-11-16(12-23-21)14-3-4-14/h2,5-8,11-12,14,18H,1,3-4,9-10,13H2,(H,24,27)(H,22,23,25)/t18-/m1/s1. The summed E-state index contributed by atoms with van der Waals surface area (Å²) in [4.78, 5) is 34.7. The molecule has 28 heavy (non-hydrogen) atoms. The highest BCUT2D eigenvalue weighted by Crippen LogP contribution is 2.39. The number of nitrogens with zero attached hydrogens (tertiary/aromatic N) is 3. The van der Waals surface area contributed by atoms with Crippen molar-refractivity contribution in [1.29, 1.82) is 0 Å². The summed E-state index contributed by atoms with van der Waals surface area (Å²) in [5.41, 5.74) is 2.44. The van der Waals surface area contributed by atoms with Crippen molar-refractivity contribution >= 4 is 23.5 Å². The Morgan fingerprint density at radius 1 is 1.11 bits per heavy atom. The van der Waals surface area contributed by atoms with Gasteiger partial charge in [-0.3, -0.25) is 9.59 Å². The molecule has 1 saturated carbocycles. The lowest BCUT2D eigenvalue weighted by Gasteiger charge is -2.17. The van der Waals surface area contributed by atoms with Gasteiger partial charge in [0.2, 0.25) is 11.9 Å². The van der Waals surface area contributed by atoms with Crippen molar-refractivity contribution in [3.05, 3.63) is 60.4 Å². The van der Waals surface area contributed by atoms with Gasteiger partial charge in [0.1, 0.15) is 0 Å². The molecule has 2 N–H and O–H groups in total. The molecule has 0 bridgehead atoms. The maximum atomic E-state index is 12.7. The van der Waals surface area contributed by atoms with Gasteiger partial charge < -0.3 is 15.5 Å². The van der Waals surface area contributed by atoms with Crippen LogP contribution in [0.3, 0.4) is 0 Å². The van der Waals surface area contributed by atoms with Crippen LogP contribution in [0.4, 0.5) is 11.6 Å². The predicted octanol–water partition coefficient (Wildman–Crippen LogP) is 2.81. The molecule has 7 nitrogen and oxygen atoms in total. The summed E-state index contributed by atoms with van der Waals surface area (Å²) in [5, 5.41) is 6.00. The van der Waals surface area contributed by atoms with Gasteiger partial charge in [0, 0.05) is 42.8 Å². The number of hydrogen-bond acceptors (Lipinski definition) is 5. The Morgan fingerprint density at radius 3 is 2.46 bits per heavy atom. The summed E-state index contributed by atoms with van der Waals surface area (Å²) in [6.07, 6.45) is 8.33. The summed E-state index contributed by atoms with van der Waals surface area (Å²) in [6.45, 7) is 4.72. The first-order valence-electron chi connectivity index (χ1n) is 9.53. The van der Waals surface area contributed by atoms with E-state index < -0.39 is 0 Å². The minimum atomic E-state index is -0.278. The fraction of sp³-hybridized carbons (Fsp3) is 0.333. The van der Waals surface area contributed by atoms with Gasteiger partial charge in [-0.25, -0.2) is 9.97 Å². The predicted molar refractivity (Wildman–Crippen MR) is 107 cm³/mol. The van der Waals surface area contributed by atoms with Crippen LogP contribution in [0.1, 0.15) is 41.1 Å². The molecule has 0 spiro atoms. The van der Waals surface area contributed by atoms with Gasteiger partial charge in [-0.05, 0) is 61.1 Å². The van der Waals surface area contributed by atoms with E-state index in [1.165, 1.54) is 24.5 Å². The second-order valence-electron chi connectivity index (χ2n) is 7.27. The molecule has 1 aromatic heterocycles. The molecular formula is C21H23N5O2. The van der Waals surface area contributed by atoms with Gasteiger partial charge in [0.25, 0.3) is 5.91 Å². The molecule has 0 unspecified atom stereocenters. The van der Waals surface area contributed by atoms with Crippen LogP contribution in [0, 0.1) is 0 Å². The third kappa shape index (κ3) is 4.19. The first kappa shape index (κ1) is 18.2. The quantitative estimate of drug-likeness (QED) is 0.756. The van der Waals surface area contributed by atoms with E-state index in [1.807, 2.05) is 17.3 Å². The molecule has 0 radical (unpaired) electrons. The SMILES string of the molecule is C=CC(=O)Nc1ccc(C(=O)N2CC[C@@H](Nc3ncc(C4CC4)cn3)C2)cc1. The number of likely N-dealkylation sites (tertiary alicyclic amines) is 1. The maximum absolute atomic E-state index is 12.7. The van der Waals surface area contributed by atoms with E-state index in [0.29, 0.717) is 36.2 Å². The molecule has 1 aliphatic heterocycles. The van der Waals surface area contributed by atoms with Crippen LogP contribution in [-0.2, 0) is 4.79 Å². The largest absolute Gasteiger partial charge is 0.350 e. The molecule has 1 aliphatic carbocycles. The highest BCUT2D eigenvalue weighted by atomic mass is 16.2. The van der Waals surface area contributed by atoms with Crippen LogP contribution >= 0.6 is 0 Å². The second kappa shape index (κ2) is 7.80. The fourth-order valence-corrected chi connectivity index (χ4v) is 3.36. The average molecular weight is 377 g/mol. The molecule has 2 aromatic rings.